The topological polar surface area (TPSA) is 80.4 Å². The fraction of sp³-hybridized carbons (Fsp3) is 0.571. The zero-order valence-electron chi connectivity index (χ0n) is 17.2. The van der Waals surface area contributed by atoms with Crippen LogP contribution >= 0.6 is 0 Å². The Bertz CT molecular complexity index is 878. The molecule has 1 amide bonds. The number of aryl methyl sites for hydroxylation is 1. The zero-order valence-corrected chi connectivity index (χ0v) is 17.2. The smallest absolute Gasteiger partial charge is 0.349 e. The lowest BCUT2D eigenvalue weighted by molar-refractivity contribution is 0.102. The molecule has 152 valence electrons. The third-order valence-electron chi connectivity index (χ3n) is 5.55. The molecule has 0 aromatic carbocycles. The molecule has 1 saturated heterocycles. The van der Waals surface area contributed by atoms with Crippen molar-refractivity contribution in [1.82, 2.24) is 14.7 Å². The van der Waals surface area contributed by atoms with Crippen LogP contribution in [0.4, 0.5) is 5.82 Å². The van der Waals surface area contributed by atoms with Gasteiger partial charge in [0.05, 0.1) is 12.2 Å². The molecule has 1 atom stereocenters. The van der Waals surface area contributed by atoms with Crippen molar-refractivity contribution >= 4 is 11.7 Å². The van der Waals surface area contributed by atoms with Crippen molar-refractivity contribution in [2.24, 2.45) is 0 Å². The lowest BCUT2D eigenvalue weighted by Crippen LogP contribution is -2.32. The first-order valence-electron chi connectivity index (χ1n) is 10.1. The Morgan fingerprint density at radius 1 is 1.39 bits per heavy atom. The van der Waals surface area contributed by atoms with E-state index in [0.29, 0.717) is 17.1 Å². The molecule has 0 bridgehead atoms. The van der Waals surface area contributed by atoms with E-state index in [1.807, 2.05) is 17.7 Å². The van der Waals surface area contributed by atoms with Crippen LogP contribution in [0.25, 0.3) is 0 Å². The summed E-state index contributed by atoms with van der Waals surface area (Å²) in [6.45, 7) is 7.90. The molecule has 1 aliphatic rings. The molecule has 7 heteroatoms. The third kappa shape index (κ3) is 4.35. The maximum absolute atomic E-state index is 12.8. The summed E-state index contributed by atoms with van der Waals surface area (Å²) in [7, 11) is 2.11. The van der Waals surface area contributed by atoms with E-state index in [2.05, 4.69) is 29.3 Å². The summed E-state index contributed by atoms with van der Waals surface area (Å²) >= 11 is 0. The van der Waals surface area contributed by atoms with E-state index in [9.17, 15) is 9.59 Å². The van der Waals surface area contributed by atoms with E-state index >= 15 is 0 Å². The van der Waals surface area contributed by atoms with Crippen LogP contribution in [0.2, 0.25) is 0 Å². The van der Waals surface area contributed by atoms with Crippen molar-refractivity contribution < 1.29 is 9.21 Å². The van der Waals surface area contributed by atoms with E-state index in [-0.39, 0.29) is 17.5 Å². The number of hydrogen-bond acceptors (Lipinski definition) is 5. The van der Waals surface area contributed by atoms with E-state index in [0.717, 1.165) is 38.8 Å². The normalized spacial score (nSPS) is 16.9. The SMILES string of the molecule is CCCC(C)c1cc(C)c(C(=O)Nc2ccnn2C2CCN(C)CC2)c(=O)o1. The number of anilines is 1. The van der Waals surface area contributed by atoms with E-state index < -0.39 is 11.5 Å². The number of nitrogens with one attached hydrogen (secondary N) is 1. The maximum Gasteiger partial charge on any atom is 0.349 e. The van der Waals surface area contributed by atoms with Gasteiger partial charge in [-0.05, 0) is 58.0 Å². The fourth-order valence-electron chi connectivity index (χ4n) is 3.85. The quantitative estimate of drug-likeness (QED) is 0.821. The minimum absolute atomic E-state index is 0.0589. The summed E-state index contributed by atoms with van der Waals surface area (Å²) in [5.41, 5.74) is 0.112. The summed E-state index contributed by atoms with van der Waals surface area (Å²) < 4.78 is 7.32. The van der Waals surface area contributed by atoms with Gasteiger partial charge < -0.3 is 14.6 Å². The van der Waals surface area contributed by atoms with Crippen molar-refractivity contribution in [2.75, 3.05) is 25.5 Å². The highest BCUT2D eigenvalue weighted by molar-refractivity contribution is 6.04. The van der Waals surface area contributed by atoms with Crippen molar-refractivity contribution in [2.45, 2.75) is 58.4 Å². The number of carbonyl (C=O) groups excluding carboxylic acids is 1. The number of rotatable bonds is 6. The molecule has 2 aromatic rings. The van der Waals surface area contributed by atoms with Gasteiger partial charge in [0.15, 0.2) is 0 Å². The molecule has 1 aliphatic heterocycles. The van der Waals surface area contributed by atoms with Gasteiger partial charge in [0.1, 0.15) is 17.1 Å². The molecule has 28 heavy (non-hydrogen) atoms. The Balaban J connectivity index is 1.79. The minimum atomic E-state index is -0.583. The Labute approximate surface area is 165 Å². The van der Waals surface area contributed by atoms with Gasteiger partial charge in [-0.15, -0.1) is 0 Å². The molecule has 3 rings (SSSR count). The van der Waals surface area contributed by atoms with Gasteiger partial charge in [-0.3, -0.25) is 4.79 Å². The zero-order chi connectivity index (χ0) is 20.3. The Hall–Kier alpha value is -2.41. The summed E-state index contributed by atoms with van der Waals surface area (Å²) in [5.74, 6) is 0.953. The number of nitrogens with zero attached hydrogens (tertiary/aromatic N) is 3. The maximum atomic E-state index is 12.8. The molecule has 2 aromatic heterocycles. The Morgan fingerprint density at radius 3 is 2.75 bits per heavy atom. The van der Waals surface area contributed by atoms with E-state index in [1.165, 1.54) is 0 Å². The van der Waals surface area contributed by atoms with Gasteiger partial charge in [-0.1, -0.05) is 20.3 Å². The van der Waals surface area contributed by atoms with Crippen molar-refractivity contribution in [3.63, 3.8) is 0 Å². The molecular formula is C21H30N4O3. The van der Waals surface area contributed by atoms with Crippen LogP contribution in [0, 0.1) is 6.92 Å². The average Bonchev–Trinajstić information content (AvgIpc) is 3.10. The van der Waals surface area contributed by atoms with Gasteiger partial charge in [0.2, 0.25) is 0 Å². The number of aromatic nitrogens is 2. The lowest BCUT2D eigenvalue weighted by Gasteiger charge is -2.30. The monoisotopic (exact) mass is 386 g/mol. The fourth-order valence-corrected chi connectivity index (χ4v) is 3.85. The molecule has 0 spiro atoms. The number of likely N-dealkylation sites (tertiary alicyclic amines) is 1. The number of carbonyl (C=O) groups is 1. The Kier molecular flexibility index (Phi) is 6.34. The molecule has 3 heterocycles. The minimum Gasteiger partial charge on any atom is -0.427 e. The molecule has 7 nitrogen and oxygen atoms in total. The van der Waals surface area contributed by atoms with Gasteiger partial charge >= 0.3 is 5.63 Å². The van der Waals surface area contributed by atoms with Crippen LogP contribution in [0.1, 0.15) is 73.2 Å². The lowest BCUT2D eigenvalue weighted by atomic mass is 10.0. The molecule has 1 unspecified atom stereocenters. The number of amides is 1. The largest absolute Gasteiger partial charge is 0.427 e. The second kappa shape index (κ2) is 8.73. The second-order valence-electron chi connectivity index (χ2n) is 7.83. The summed E-state index contributed by atoms with van der Waals surface area (Å²) in [4.78, 5) is 27.6. The third-order valence-corrected chi connectivity index (χ3v) is 5.55. The highest BCUT2D eigenvalue weighted by Crippen LogP contribution is 2.25. The standard InChI is InChI=1S/C21H30N4O3/c1-5-6-14(2)17-13-15(3)19(21(27)28-17)20(26)23-18-7-10-22-25(18)16-8-11-24(4)12-9-16/h7,10,13-14,16H,5-6,8-9,11-12H2,1-4H3,(H,23,26). The summed E-state index contributed by atoms with van der Waals surface area (Å²) in [6.07, 6.45) is 5.58. The van der Waals surface area contributed by atoms with Gasteiger partial charge in [-0.25, -0.2) is 9.48 Å². The molecule has 1 N–H and O–H groups in total. The Morgan fingerprint density at radius 2 is 2.11 bits per heavy atom. The van der Waals surface area contributed by atoms with Gasteiger partial charge in [0.25, 0.3) is 5.91 Å². The molecular weight excluding hydrogens is 356 g/mol. The van der Waals surface area contributed by atoms with Gasteiger partial charge in [-0.2, -0.15) is 5.10 Å². The summed E-state index contributed by atoms with van der Waals surface area (Å²) in [5, 5.41) is 7.25. The van der Waals surface area contributed by atoms with Crippen LogP contribution in [-0.4, -0.2) is 40.7 Å². The highest BCUT2D eigenvalue weighted by Gasteiger charge is 2.24. The first kappa shape index (κ1) is 20.3. The van der Waals surface area contributed by atoms with E-state index in [1.54, 1.807) is 19.2 Å². The first-order chi connectivity index (χ1) is 13.4. The van der Waals surface area contributed by atoms with Crippen LogP contribution in [-0.2, 0) is 0 Å². The first-order valence-corrected chi connectivity index (χ1v) is 10.1. The van der Waals surface area contributed by atoms with E-state index in [4.69, 9.17) is 4.42 Å². The van der Waals surface area contributed by atoms with Crippen molar-refractivity contribution in [3.05, 3.63) is 45.6 Å². The molecule has 0 aliphatic carbocycles. The molecule has 1 fully saturated rings. The summed E-state index contributed by atoms with van der Waals surface area (Å²) in [6, 6.07) is 3.83. The molecule has 0 saturated carbocycles. The second-order valence-corrected chi connectivity index (χ2v) is 7.83. The number of piperidine rings is 1. The molecule has 0 radical (unpaired) electrons. The van der Waals surface area contributed by atoms with Crippen molar-refractivity contribution in [1.29, 1.82) is 0 Å². The van der Waals surface area contributed by atoms with Crippen LogP contribution < -0.4 is 10.9 Å². The van der Waals surface area contributed by atoms with Crippen LogP contribution in [0.5, 0.6) is 0 Å². The average molecular weight is 386 g/mol. The van der Waals surface area contributed by atoms with Crippen LogP contribution in [0.15, 0.2) is 27.5 Å². The highest BCUT2D eigenvalue weighted by atomic mass is 16.4. The van der Waals surface area contributed by atoms with Gasteiger partial charge in [0, 0.05) is 12.0 Å². The predicted octanol–water partition coefficient (Wildman–Crippen LogP) is 3.57. The predicted molar refractivity (Wildman–Crippen MR) is 109 cm³/mol. The van der Waals surface area contributed by atoms with Crippen molar-refractivity contribution in [3.8, 4) is 0 Å². The van der Waals surface area contributed by atoms with Crippen LogP contribution in [0.3, 0.4) is 0 Å². The number of hydrogen-bond donors (Lipinski definition) is 1.